The molecule has 0 amide bonds. The maximum Gasteiger partial charge on any atom is 0.146 e. The molecule has 0 spiro atoms. The van der Waals surface area contributed by atoms with Gasteiger partial charge in [0.1, 0.15) is 5.82 Å². The van der Waals surface area contributed by atoms with Crippen molar-refractivity contribution in [2.45, 2.75) is 33.1 Å². The predicted octanol–water partition coefficient (Wildman–Crippen LogP) is 7.29. The molecule has 0 saturated carbocycles. The molecule has 0 N–H and O–H groups in total. The van der Waals surface area contributed by atoms with E-state index in [9.17, 15) is 4.39 Å². The number of hydrogen-bond acceptors (Lipinski definition) is 0. The van der Waals surface area contributed by atoms with Crippen LogP contribution in [0, 0.1) is 29.5 Å². The highest BCUT2D eigenvalue weighted by molar-refractivity contribution is 5.85. The van der Waals surface area contributed by atoms with E-state index in [1.54, 1.807) is 6.07 Å². The van der Waals surface area contributed by atoms with Crippen LogP contribution < -0.4 is 0 Å². The van der Waals surface area contributed by atoms with Crippen LogP contribution in [0.2, 0.25) is 0 Å². The molecule has 0 nitrogen and oxygen atoms in total. The number of rotatable bonds is 3. The van der Waals surface area contributed by atoms with E-state index in [4.69, 9.17) is 0 Å². The summed E-state index contributed by atoms with van der Waals surface area (Å²) in [6.45, 7) is 4.28. The first kappa shape index (κ1) is 21.4. The Morgan fingerprint density at radius 3 is 1.78 bits per heavy atom. The summed E-state index contributed by atoms with van der Waals surface area (Å²) in [6, 6.07) is 25.7. The summed E-state index contributed by atoms with van der Waals surface area (Å²) < 4.78 is 14.9. The Hall–Kier alpha value is -3.81. The van der Waals surface area contributed by atoms with Gasteiger partial charge < -0.3 is 0 Å². The first-order valence-electron chi connectivity index (χ1n) is 11.1. The van der Waals surface area contributed by atoms with Crippen molar-refractivity contribution < 1.29 is 4.39 Å². The van der Waals surface area contributed by atoms with Crippen molar-refractivity contribution in [2.75, 3.05) is 0 Å². The van der Waals surface area contributed by atoms with Gasteiger partial charge in [-0.25, -0.2) is 4.39 Å². The van der Waals surface area contributed by atoms with Gasteiger partial charge in [-0.15, -0.1) is 0 Å². The molecule has 0 aromatic heterocycles. The van der Waals surface area contributed by atoms with Gasteiger partial charge >= 0.3 is 0 Å². The second-order valence-corrected chi connectivity index (χ2v) is 7.86. The minimum absolute atomic E-state index is 0.259. The summed E-state index contributed by atoms with van der Waals surface area (Å²) in [5.41, 5.74) is 5.72. The molecule has 32 heavy (non-hydrogen) atoms. The fourth-order valence-electron chi connectivity index (χ4n) is 3.62. The summed E-state index contributed by atoms with van der Waals surface area (Å²) in [5.74, 6) is 12.2. The smallest absolute Gasteiger partial charge is 0.146 e. The van der Waals surface area contributed by atoms with E-state index >= 15 is 0 Å². The first-order valence-corrected chi connectivity index (χ1v) is 11.1. The summed E-state index contributed by atoms with van der Waals surface area (Å²) >= 11 is 0. The summed E-state index contributed by atoms with van der Waals surface area (Å²) in [6.07, 6.45) is 3.18. The second kappa shape index (κ2) is 10.00. The molecule has 0 radical (unpaired) electrons. The lowest BCUT2D eigenvalue weighted by molar-refractivity contribution is 0.636. The average molecular weight is 417 g/mol. The van der Waals surface area contributed by atoms with Crippen molar-refractivity contribution in [3.8, 4) is 23.7 Å². The quantitative estimate of drug-likeness (QED) is 0.308. The van der Waals surface area contributed by atoms with Gasteiger partial charge in [0.05, 0.1) is 5.56 Å². The highest BCUT2D eigenvalue weighted by Gasteiger charge is 2.06. The van der Waals surface area contributed by atoms with E-state index in [1.165, 1.54) is 11.1 Å². The second-order valence-electron chi connectivity index (χ2n) is 7.86. The Morgan fingerprint density at radius 1 is 0.625 bits per heavy atom. The third-order valence-electron chi connectivity index (χ3n) is 5.50. The molecule has 0 heterocycles. The summed E-state index contributed by atoms with van der Waals surface area (Å²) in [4.78, 5) is 0. The van der Waals surface area contributed by atoms with Crippen molar-refractivity contribution in [3.63, 3.8) is 0 Å². The number of benzene rings is 4. The van der Waals surface area contributed by atoms with Gasteiger partial charge in [0.25, 0.3) is 0 Å². The van der Waals surface area contributed by atoms with Crippen molar-refractivity contribution in [1.29, 1.82) is 0 Å². The Morgan fingerprint density at radius 2 is 1.19 bits per heavy atom. The highest BCUT2D eigenvalue weighted by atomic mass is 19.1. The molecule has 0 atom stereocenters. The molecule has 156 valence electrons. The molecule has 1 heteroatoms. The van der Waals surface area contributed by atoms with Crippen LogP contribution >= 0.6 is 0 Å². The third kappa shape index (κ3) is 5.08. The van der Waals surface area contributed by atoms with Crippen molar-refractivity contribution in [2.24, 2.45) is 0 Å². The number of halogens is 1. The van der Waals surface area contributed by atoms with Gasteiger partial charge in [-0.05, 0) is 71.8 Å². The van der Waals surface area contributed by atoms with Crippen LogP contribution in [0.5, 0.6) is 0 Å². The standard InChI is InChI=1S/C31H25F/c1-3-5-24-6-8-25(9-7-24)10-11-26-12-14-27(15-13-26)16-18-28-19-20-29-22-23(4-2)17-21-30(29)31(28)32/h6-9,12-15,17,19-22H,3-5H2,1-2H3. The minimum atomic E-state index is -0.259. The lowest BCUT2D eigenvalue weighted by atomic mass is 10.0. The molecule has 4 rings (SSSR count). The normalized spacial score (nSPS) is 10.2. The Labute approximate surface area is 190 Å². The van der Waals surface area contributed by atoms with Crippen LogP contribution in [0.4, 0.5) is 4.39 Å². The minimum Gasteiger partial charge on any atom is -0.205 e. The maximum absolute atomic E-state index is 14.9. The van der Waals surface area contributed by atoms with Crippen molar-refractivity contribution >= 4 is 10.8 Å². The lowest BCUT2D eigenvalue weighted by Gasteiger charge is -2.04. The van der Waals surface area contributed by atoms with Gasteiger partial charge in [0.2, 0.25) is 0 Å². The molecule has 0 aliphatic heterocycles. The molecule has 4 aromatic rings. The molecule has 0 bridgehead atoms. The fraction of sp³-hybridized carbons (Fsp3) is 0.161. The Bertz CT molecular complexity index is 1350. The molecule has 0 aliphatic carbocycles. The van der Waals surface area contributed by atoms with Crippen LogP contribution in [-0.2, 0) is 12.8 Å². The fourth-order valence-corrected chi connectivity index (χ4v) is 3.62. The number of hydrogen-bond donors (Lipinski definition) is 0. The van der Waals surface area contributed by atoms with E-state index < -0.39 is 0 Å². The molecule has 4 aromatic carbocycles. The zero-order valence-corrected chi connectivity index (χ0v) is 18.5. The van der Waals surface area contributed by atoms with Crippen molar-refractivity contribution in [1.82, 2.24) is 0 Å². The predicted molar refractivity (Wildman–Crippen MR) is 132 cm³/mol. The van der Waals surface area contributed by atoms with Gasteiger partial charge in [-0.1, -0.05) is 80.3 Å². The van der Waals surface area contributed by atoms with E-state index in [0.717, 1.165) is 41.3 Å². The van der Waals surface area contributed by atoms with E-state index in [1.807, 2.05) is 48.5 Å². The van der Waals surface area contributed by atoms with Gasteiger partial charge in [0, 0.05) is 22.1 Å². The van der Waals surface area contributed by atoms with Gasteiger partial charge in [-0.2, -0.15) is 0 Å². The van der Waals surface area contributed by atoms with Crippen LogP contribution in [-0.4, -0.2) is 0 Å². The number of aryl methyl sites for hydroxylation is 2. The Kier molecular flexibility index (Phi) is 6.69. The van der Waals surface area contributed by atoms with E-state index in [2.05, 4.69) is 61.8 Å². The monoisotopic (exact) mass is 416 g/mol. The van der Waals surface area contributed by atoms with Crippen LogP contribution in [0.3, 0.4) is 0 Å². The molecule has 0 aliphatic rings. The molecule has 0 fully saturated rings. The maximum atomic E-state index is 14.9. The molecular formula is C31H25F. The zero-order chi connectivity index (χ0) is 22.3. The number of fused-ring (bicyclic) bond motifs is 1. The molecule has 0 saturated heterocycles. The van der Waals surface area contributed by atoms with Crippen LogP contribution in [0.25, 0.3) is 10.8 Å². The van der Waals surface area contributed by atoms with Crippen LogP contribution in [0.1, 0.15) is 53.6 Å². The third-order valence-corrected chi connectivity index (χ3v) is 5.50. The SMILES string of the molecule is CCCc1ccc(C#Cc2ccc(C#Cc3ccc4cc(CC)ccc4c3F)cc2)cc1. The van der Waals surface area contributed by atoms with E-state index in [0.29, 0.717) is 10.9 Å². The first-order chi connectivity index (χ1) is 15.7. The molecule has 0 unspecified atom stereocenters. The van der Waals surface area contributed by atoms with Gasteiger partial charge in [-0.3, -0.25) is 0 Å². The zero-order valence-electron chi connectivity index (χ0n) is 18.5. The lowest BCUT2D eigenvalue weighted by Crippen LogP contribution is -1.88. The largest absolute Gasteiger partial charge is 0.205 e. The van der Waals surface area contributed by atoms with Gasteiger partial charge in [0.15, 0.2) is 0 Å². The average Bonchev–Trinajstić information content (AvgIpc) is 2.84. The topological polar surface area (TPSA) is 0 Å². The highest BCUT2D eigenvalue weighted by Crippen LogP contribution is 2.22. The summed E-state index contributed by atoms with van der Waals surface area (Å²) in [7, 11) is 0. The molecular weight excluding hydrogens is 391 g/mol. The van der Waals surface area contributed by atoms with Crippen LogP contribution in [0.15, 0.2) is 78.9 Å². The van der Waals surface area contributed by atoms with Crippen molar-refractivity contribution in [3.05, 3.63) is 118 Å². The summed E-state index contributed by atoms with van der Waals surface area (Å²) in [5, 5.41) is 1.53. The Balaban J connectivity index is 1.50. The van der Waals surface area contributed by atoms with E-state index in [-0.39, 0.29) is 5.82 Å².